The number of rotatable bonds is 3. The van der Waals surface area contributed by atoms with Crippen LogP contribution in [0.2, 0.25) is 0 Å². The Morgan fingerprint density at radius 3 is 2.50 bits per heavy atom. The van der Waals surface area contributed by atoms with Gasteiger partial charge in [0.15, 0.2) is 0 Å². The van der Waals surface area contributed by atoms with Crippen LogP contribution in [0, 0.1) is 5.92 Å². The van der Waals surface area contributed by atoms with E-state index >= 15 is 0 Å². The van der Waals surface area contributed by atoms with E-state index in [0.717, 1.165) is 24.5 Å². The Morgan fingerprint density at radius 1 is 1.25 bits per heavy atom. The minimum absolute atomic E-state index is 0.330. The van der Waals surface area contributed by atoms with Gasteiger partial charge in [-0.3, -0.25) is 4.90 Å². The van der Waals surface area contributed by atoms with Gasteiger partial charge < -0.3 is 5.73 Å². The molecule has 2 heteroatoms. The molecule has 2 rings (SSSR count). The maximum absolute atomic E-state index is 6.18. The van der Waals surface area contributed by atoms with E-state index < -0.39 is 0 Å². The van der Waals surface area contributed by atoms with Crippen LogP contribution in [-0.2, 0) is 0 Å². The van der Waals surface area contributed by atoms with Crippen molar-refractivity contribution in [3.63, 3.8) is 0 Å². The van der Waals surface area contributed by atoms with E-state index in [2.05, 4.69) is 25.7 Å². The van der Waals surface area contributed by atoms with Crippen LogP contribution in [0.4, 0.5) is 0 Å². The fraction of sp³-hybridized carbons (Fsp3) is 1.00. The molecule has 16 heavy (non-hydrogen) atoms. The van der Waals surface area contributed by atoms with Crippen LogP contribution in [0.25, 0.3) is 0 Å². The van der Waals surface area contributed by atoms with E-state index in [1.54, 1.807) is 0 Å². The lowest BCUT2D eigenvalue weighted by Crippen LogP contribution is -2.59. The van der Waals surface area contributed by atoms with E-state index in [9.17, 15) is 0 Å². The van der Waals surface area contributed by atoms with E-state index in [1.165, 1.54) is 38.5 Å². The van der Waals surface area contributed by atoms with Gasteiger partial charge in [-0.2, -0.15) is 0 Å². The average Bonchev–Trinajstić information content (AvgIpc) is 2.83. The van der Waals surface area contributed by atoms with E-state index in [0.29, 0.717) is 5.54 Å². The van der Waals surface area contributed by atoms with E-state index in [-0.39, 0.29) is 0 Å². The molecule has 1 heterocycles. The van der Waals surface area contributed by atoms with Gasteiger partial charge in [0.2, 0.25) is 0 Å². The van der Waals surface area contributed by atoms with Gasteiger partial charge in [-0.05, 0) is 44.9 Å². The van der Waals surface area contributed by atoms with Crippen LogP contribution in [0.15, 0.2) is 0 Å². The Hall–Kier alpha value is -0.0800. The number of nitrogens with zero attached hydrogens (tertiary/aromatic N) is 1. The van der Waals surface area contributed by atoms with Crippen LogP contribution >= 0.6 is 0 Å². The Balaban J connectivity index is 2.25. The highest BCUT2D eigenvalue weighted by Gasteiger charge is 2.49. The van der Waals surface area contributed by atoms with Crippen molar-refractivity contribution >= 4 is 0 Å². The summed E-state index contributed by atoms with van der Waals surface area (Å²) in [6.45, 7) is 8.00. The van der Waals surface area contributed by atoms with Crippen LogP contribution in [0.1, 0.15) is 59.3 Å². The van der Waals surface area contributed by atoms with Crippen molar-refractivity contribution in [2.45, 2.75) is 76.9 Å². The lowest BCUT2D eigenvalue weighted by molar-refractivity contribution is 0.0212. The zero-order chi connectivity index (χ0) is 11.8. The smallest absolute Gasteiger partial charge is 0.0362 e. The molecular weight excluding hydrogens is 196 g/mol. The first-order chi connectivity index (χ1) is 7.65. The molecule has 2 aliphatic rings. The predicted octanol–water partition coefficient (Wildman–Crippen LogP) is 2.77. The first kappa shape index (κ1) is 12.4. The molecule has 0 aromatic carbocycles. The van der Waals surface area contributed by atoms with Crippen LogP contribution in [-0.4, -0.2) is 29.1 Å². The Kier molecular flexibility index (Phi) is 3.60. The molecule has 0 aromatic heterocycles. The lowest BCUT2D eigenvalue weighted by Gasteiger charge is -2.47. The van der Waals surface area contributed by atoms with Gasteiger partial charge in [0, 0.05) is 24.2 Å². The van der Waals surface area contributed by atoms with Gasteiger partial charge in [-0.25, -0.2) is 0 Å². The molecule has 0 spiro atoms. The zero-order valence-corrected chi connectivity index (χ0v) is 11.2. The molecule has 0 amide bonds. The summed E-state index contributed by atoms with van der Waals surface area (Å²) in [4.78, 5) is 2.81. The van der Waals surface area contributed by atoms with Crippen LogP contribution < -0.4 is 5.73 Å². The first-order valence-electron chi connectivity index (χ1n) is 7.14. The molecule has 1 aliphatic heterocycles. The summed E-state index contributed by atoms with van der Waals surface area (Å²) in [7, 11) is 0. The SMILES string of the molecule is CCC1CCC(C)N1C1(CN)CCCC1C. The number of hydrogen-bond acceptors (Lipinski definition) is 2. The van der Waals surface area contributed by atoms with Gasteiger partial charge in [0.05, 0.1) is 0 Å². The second-order valence-corrected chi connectivity index (χ2v) is 6.00. The molecule has 94 valence electrons. The maximum Gasteiger partial charge on any atom is 0.0362 e. The van der Waals surface area contributed by atoms with Crippen molar-refractivity contribution < 1.29 is 0 Å². The third-order valence-corrected chi connectivity index (χ3v) is 5.29. The molecule has 2 nitrogen and oxygen atoms in total. The van der Waals surface area contributed by atoms with Gasteiger partial charge in [0.25, 0.3) is 0 Å². The summed E-state index contributed by atoms with van der Waals surface area (Å²) in [6.07, 6.45) is 8.11. The number of likely N-dealkylation sites (tertiary alicyclic amines) is 1. The quantitative estimate of drug-likeness (QED) is 0.798. The summed E-state index contributed by atoms with van der Waals surface area (Å²) < 4.78 is 0. The summed E-state index contributed by atoms with van der Waals surface area (Å²) >= 11 is 0. The fourth-order valence-electron chi connectivity index (χ4n) is 4.30. The van der Waals surface area contributed by atoms with Gasteiger partial charge in [-0.1, -0.05) is 20.3 Å². The fourth-order valence-corrected chi connectivity index (χ4v) is 4.30. The summed E-state index contributed by atoms with van der Waals surface area (Å²) in [5.74, 6) is 0.784. The lowest BCUT2D eigenvalue weighted by atomic mass is 9.84. The molecule has 0 bridgehead atoms. The molecule has 0 radical (unpaired) electrons. The topological polar surface area (TPSA) is 29.3 Å². The largest absolute Gasteiger partial charge is 0.329 e. The van der Waals surface area contributed by atoms with E-state index in [4.69, 9.17) is 5.73 Å². The zero-order valence-electron chi connectivity index (χ0n) is 11.2. The van der Waals surface area contributed by atoms with Crippen molar-refractivity contribution in [1.29, 1.82) is 0 Å². The van der Waals surface area contributed by atoms with Crippen molar-refractivity contribution in [2.75, 3.05) is 6.54 Å². The molecule has 4 atom stereocenters. The minimum atomic E-state index is 0.330. The highest BCUT2D eigenvalue weighted by molar-refractivity contribution is 5.05. The predicted molar refractivity (Wildman–Crippen MR) is 69.4 cm³/mol. The third-order valence-electron chi connectivity index (χ3n) is 5.29. The molecule has 2 N–H and O–H groups in total. The van der Waals surface area contributed by atoms with E-state index in [1.807, 2.05) is 0 Å². The van der Waals surface area contributed by atoms with Gasteiger partial charge >= 0.3 is 0 Å². The summed E-state index contributed by atoms with van der Waals surface area (Å²) in [5, 5.41) is 0. The Bertz CT molecular complexity index is 241. The van der Waals surface area contributed by atoms with Crippen molar-refractivity contribution in [3.05, 3.63) is 0 Å². The Morgan fingerprint density at radius 2 is 2.00 bits per heavy atom. The summed E-state index contributed by atoms with van der Waals surface area (Å²) in [5.41, 5.74) is 6.51. The second-order valence-electron chi connectivity index (χ2n) is 6.00. The maximum atomic E-state index is 6.18. The van der Waals surface area contributed by atoms with Crippen molar-refractivity contribution in [3.8, 4) is 0 Å². The van der Waals surface area contributed by atoms with Gasteiger partial charge in [0.1, 0.15) is 0 Å². The molecule has 1 aliphatic carbocycles. The molecule has 2 fully saturated rings. The normalized spacial score (nSPS) is 45.4. The highest BCUT2D eigenvalue weighted by atomic mass is 15.3. The van der Waals surface area contributed by atoms with Crippen molar-refractivity contribution in [2.24, 2.45) is 11.7 Å². The molecule has 0 aromatic rings. The third kappa shape index (κ3) is 1.70. The second kappa shape index (κ2) is 4.66. The monoisotopic (exact) mass is 224 g/mol. The molecule has 1 saturated carbocycles. The minimum Gasteiger partial charge on any atom is -0.329 e. The molecular formula is C14H28N2. The highest BCUT2D eigenvalue weighted by Crippen LogP contribution is 2.45. The Labute approximate surface area is 101 Å². The number of hydrogen-bond donors (Lipinski definition) is 1. The standard InChI is InChI=1S/C14H28N2/c1-4-13-8-7-12(3)16(13)14(10-15)9-5-6-11(14)2/h11-13H,4-10,15H2,1-3H3. The van der Waals surface area contributed by atoms with Gasteiger partial charge in [-0.15, -0.1) is 0 Å². The molecule has 4 unspecified atom stereocenters. The summed E-state index contributed by atoms with van der Waals surface area (Å²) in [6, 6.07) is 1.54. The average molecular weight is 224 g/mol. The van der Waals surface area contributed by atoms with Crippen LogP contribution in [0.5, 0.6) is 0 Å². The van der Waals surface area contributed by atoms with Crippen LogP contribution in [0.3, 0.4) is 0 Å². The number of nitrogens with two attached hydrogens (primary N) is 1. The molecule has 1 saturated heterocycles. The van der Waals surface area contributed by atoms with Crippen molar-refractivity contribution in [1.82, 2.24) is 4.90 Å². The first-order valence-corrected chi connectivity index (χ1v) is 7.14.